The topological polar surface area (TPSA) is 178 Å². The Morgan fingerprint density at radius 2 is 0.904 bits per heavy atom. The van der Waals surface area contributed by atoms with Gasteiger partial charge in [0.2, 0.25) is 0 Å². The lowest BCUT2D eigenvalue weighted by Crippen LogP contribution is -2.29. The maximum Gasteiger partial charge on any atom is 0.279 e. The largest absolute Gasteiger partial charge is 0.497 e. The van der Waals surface area contributed by atoms with Gasteiger partial charge in [0, 0.05) is 26.0 Å². The second-order valence-electron chi connectivity index (χ2n) is 10.7. The maximum atomic E-state index is 13.0. The van der Waals surface area contributed by atoms with Crippen molar-refractivity contribution in [2.24, 2.45) is 10.2 Å². The second kappa shape index (κ2) is 17.7. The summed E-state index contributed by atoms with van der Waals surface area (Å²) in [6, 6.07) is 19.6. The molecule has 0 aliphatic rings. The van der Waals surface area contributed by atoms with E-state index in [1.807, 2.05) is 0 Å². The molecule has 52 heavy (non-hydrogen) atoms. The van der Waals surface area contributed by atoms with Crippen LogP contribution in [0.3, 0.4) is 0 Å². The van der Waals surface area contributed by atoms with E-state index >= 15 is 0 Å². The van der Waals surface area contributed by atoms with Crippen LogP contribution in [0, 0.1) is 0 Å². The molecule has 0 aliphatic carbocycles. The third-order valence-electron chi connectivity index (χ3n) is 7.25. The van der Waals surface area contributed by atoms with Crippen LogP contribution in [-0.2, 0) is 19.2 Å². The predicted octanol–water partition coefficient (Wildman–Crippen LogP) is 6.69. The fraction of sp³-hybridized carbons (Fsp3) is 0.167. The number of halogens is 2. The Bertz CT molecular complexity index is 1940. The molecule has 0 heterocycles. The van der Waals surface area contributed by atoms with E-state index in [9.17, 15) is 19.2 Å². The highest BCUT2D eigenvalue weighted by molar-refractivity contribution is 6.68. The van der Waals surface area contributed by atoms with Crippen molar-refractivity contribution in [1.29, 1.82) is 0 Å². The molecule has 0 bridgehead atoms. The third-order valence-corrected chi connectivity index (χ3v) is 7.88. The number of carbonyl (C=O) groups is 4. The summed E-state index contributed by atoms with van der Waals surface area (Å²) in [5, 5.41) is 13.7. The molecule has 0 fully saturated rings. The van der Waals surface area contributed by atoms with Gasteiger partial charge in [-0.25, -0.2) is 0 Å². The second-order valence-corrected chi connectivity index (χ2v) is 11.5. The molecule has 4 N–H and O–H groups in total. The monoisotopic (exact) mass is 748 g/mol. The van der Waals surface area contributed by atoms with Crippen molar-refractivity contribution in [3.8, 4) is 34.1 Å². The summed E-state index contributed by atoms with van der Waals surface area (Å²) in [6.45, 7) is 2.41. The highest BCUT2D eigenvalue weighted by Gasteiger charge is 2.21. The lowest BCUT2D eigenvalue weighted by Gasteiger charge is -2.13. The van der Waals surface area contributed by atoms with Crippen molar-refractivity contribution >= 4 is 80.8 Å². The predicted molar refractivity (Wildman–Crippen MR) is 202 cm³/mol. The summed E-state index contributed by atoms with van der Waals surface area (Å²) >= 11 is 13.1. The van der Waals surface area contributed by atoms with Crippen LogP contribution in [0.4, 0.5) is 22.7 Å². The molecular formula is C36H34Cl2N6O8. The first-order valence-electron chi connectivity index (χ1n) is 15.2. The molecular weight excluding hydrogens is 715 g/mol. The van der Waals surface area contributed by atoms with E-state index in [0.717, 1.165) is 0 Å². The van der Waals surface area contributed by atoms with E-state index in [1.54, 1.807) is 72.8 Å². The number of hydrogen-bond acceptors (Lipinski definition) is 12. The number of Topliss-reactive ketones (excluding diaryl/α,β-unsaturated/α-hetero) is 2. The van der Waals surface area contributed by atoms with Gasteiger partial charge in [0.05, 0.1) is 61.2 Å². The Hall–Kier alpha value is -6.12. The fourth-order valence-electron chi connectivity index (χ4n) is 4.57. The van der Waals surface area contributed by atoms with Gasteiger partial charge in [-0.3, -0.25) is 30.0 Å². The summed E-state index contributed by atoms with van der Waals surface area (Å²) in [5.74, 6) is -1.10. The first kappa shape index (κ1) is 38.7. The van der Waals surface area contributed by atoms with Crippen LogP contribution in [0.2, 0.25) is 10.0 Å². The van der Waals surface area contributed by atoms with Gasteiger partial charge in [0.15, 0.2) is 23.0 Å². The number of hydrogen-bond donors (Lipinski definition) is 4. The molecule has 0 unspecified atom stereocenters. The van der Waals surface area contributed by atoms with Gasteiger partial charge in [0.1, 0.15) is 23.0 Å². The molecule has 4 aromatic carbocycles. The lowest BCUT2D eigenvalue weighted by atomic mass is 10.0. The molecule has 0 saturated heterocycles. The Labute approximate surface area is 309 Å². The summed E-state index contributed by atoms with van der Waals surface area (Å²) in [5.41, 5.74) is 7.07. The van der Waals surface area contributed by atoms with Crippen LogP contribution in [0.15, 0.2) is 83.0 Å². The highest BCUT2D eigenvalue weighted by atomic mass is 35.5. The Kier molecular flexibility index (Phi) is 13.2. The molecule has 4 rings (SSSR count). The molecule has 0 atom stereocenters. The first-order chi connectivity index (χ1) is 24.9. The SMILES string of the molecule is COc1ccc(OC)c(NC(=O)/C(=N/Nc2ccc(-c3ccc(N/N=C(\C(C)=O)C(=O)Nc4cc(OC)ccc4OC)c(Cl)c3)cc2Cl)C(C)=O)c1. The summed E-state index contributed by atoms with van der Waals surface area (Å²) in [6.07, 6.45) is 0. The van der Waals surface area contributed by atoms with Gasteiger partial charge in [-0.1, -0.05) is 35.3 Å². The van der Waals surface area contributed by atoms with Crippen LogP contribution in [0.25, 0.3) is 11.1 Å². The van der Waals surface area contributed by atoms with Crippen LogP contribution in [0.5, 0.6) is 23.0 Å². The van der Waals surface area contributed by atoms with Crippen molar-refractivity contribution in [2.45, 2.75) is 13.8 Å². The van der Waals surface area contributed by atoms with Crippen molar-refractivity contribution < 1.29 is 38.1 Å². The average Bonchev–Trinajstić information content (AvgIpc) is 3.12. The molecule has 270 valence electrons. The van der Waals surface area contributed by atoms with Gasteiger partial charge >= 0.3 is 0 Å². The molecule has 14 nitrogen and oxygen atoms in total. The van der Waals surface area contributed by atoms with Crippen molar-refractivity contribution in [3.63, 3.8) is 0 Å². The standard InChI is InChI=1S/C36H34Cl2N6O8/c1-19(45)33(35(47)39-29-17-23(49-3)9-13-31(29)51-5)43-41-27-11-7-21(15-25(27)37)22-8-12-28(26(38)16-22)42-44-34(20(2)46)36(48)40-30-18-24(50-4)10-14-32(30)52-6/h7-18,41-42H,1-6H3,(H,39,47)(H,40,48)/b43-33+,44-34+. The van der Waals surface area contributed by atoms with Crippen LogP contribution in [0.1, 0.15) is 13.8 Å². The molecule has 4 aromatic rings. The molecule has 16 heteroatoms. The molecule has 2 amide bonds. The zero-order valence-corrected chi connectivity index (χ0v) is 30.4. The number of ketones is 2. The quantitative estimate of drug-likeness (QED) is 0.0582. The van der Waals surface area contributed by atoms with E-state index in [2.05, 4.69) is 31.7 Å². The normalized spacial score (nSPS) is 11.2. The van der Waals surface area contributed by atoms with Crippen molar-refractivity contribution in [3.05, 3.63) is 82.8 Å². The van der Waals surface area contributed by atoms with Crippen LogP contribution < -0.4 is 40.4 Å². The van der Waals surface area contributed by atoms with Crippen molar-refractivity contribution in [2.75, 3.05) is 49.9 Å². The van der Waals surface area contributed by atoms with Gasteiger partial charge < -0.3 is 29.6 Å². The van der Waals surface area contributed by atoms with E-state index in [0.29, 0.717) is 45.5 Å². The fourth-order valence-corrected chi connectivity index (χ4v) is 5.01. The number of carbonyl (C=O) groups excluding carboxylic acids is 4. The summed E-state index contributed by atoms with van der Waals surface area (Å²) in [7, 11) is 5.84. The minimum atomic E-state index is -0.778. The van der Waals surface area contributed by atoms with E-state index in [1.165, 1.54) is 42.3 Å². The van der Waals surface area contributed by atoms with Gasteiger partial charge in [0.25, 0.3) is 11.8 Å². The number of nitrogens with zero attached hydrogens (tertiary/aromatic N) is 2. The van der Waals surface area contributed by atoms with Gasteiger partial charge in [-0.15, -0.1) is 0 Å². The molecule has 0 radical (unpaired) electrons. The Balaban J connectivity index is 1.48. The van der Waals surface area contributed by atoms with Gasteiger partial charge in [-0.2, -0.15) is 10.2 Å². The molecule has 0 spiro atoms. The number of amides is 2. The third kappa shape index (κ3) is 9.56. The van der Waals surface area contributed by atoms with Crippen molar-refractivity contribution in [1.82, 2.24) is 0 Å². The Morgan fingerprint density at radius 3 is 1.21 bits per heavy atom. The number of hydrazone groups is 2. The smallest absolute Gasteiger partial charge is 0.279 e. The number of methoxy groups -OCH3 is 4. The summed E-state index contributed by atoms with van der Waals surface area (Å²) in [4.78, 5) is 50.7. The zero-order valence-electron chi connectivity index (χ0n) is 28.8. The number of rotatable bonds is 15. The lowest BCUT2D eigenvalue weighted by molar-refractivity contribution is -0.116. The average molecular weight is 750 g/mol. The van der Waals surface area contributed by atoms with E-state index in [-0.39, 0.29) is 21.4 Å². The zero-order chi connectivity index (χ0) is 37.9. The first-order valence-corrected chi connectivity index (χ1v) is 16.0. The Morgan fingerprint density at radius 1 is 0.519 bits per heavy atom. The van der Waals surface area contributed by atoms with Crippen LogP contribution in [-0.4, -0.2) is 63.2 Å². The highest BCUT2D eigenvalue weighted by Crippen LogP contribution is 2.34. The van der Waals surface area contributed by atoms with E-state index < -0.39 is 34.8 Å². The van der Waals surface area contributed by atoms with Crippen LogP contribution >= 0.6 is 23.2 Å². The minimum Gasteiger partial charge on any atom is -0.497 e. The minimum absolute atomic E-state index is 0.228. The van der Waals surface area contributed by atoms with Gasteiger partial charge in [-0.05, 0) is 59.7 Å². The molecule has 0 aliphatic heterocycles. The number of nitrogens with one attached hydrogen (secondary N) is 4. The molecule has 0 aromatic heterocycles. The number of benzene rings is 4. The number of anilines is 4. The van der Waals surface area contributed by atoms with E-state index in [4.69, 9.17) is 42.1 Å². The number of ether oxygens (including phenoxy) is 4. The summed E-state index contributed by atoms with van der Waals surface area (Å²) < 4.78 is 21.0. The molecule has 0 saturated carbocycles. The maximum absolute atomic E-state index is 13.0.